The zero-order valence-electron chi connectivity index (χ0n) is 48.6. The number of sulfonamides is 1. The van der Waals surface area contributed by atoms with Crippen LogP contribution < -0.4 is 25.0 Å². The number of aromatic nitrogens is 8. The lowest BCUT2D eigenvalue weighted by Crippen LogP contribution is -2.50. The van der Waals surface area contributed by atoms with Gasteiger partial charge in [0.15, 0.2) is 16.7 Å². The van der Waals surface area contributed by atoms with Crippen molar-refractivity contribution in [1.82, 2.24) is 54.7 Å². The van der Waals surface area contributed by atoms with Gasteiger partial charge in [-0.05, 0) is 112 Å². The second-order valence-corrected chi connectivity index (χ2v) is 26.4. The molecular weight excluding hydrogens is 1170 g/mol. The largest absolute Gasteiger partial charge is 0.505 e. The second kappa shape index (κ2) is 26.0. The first kappa shape index (κ1) is 60.5. The van der Waals surface area contributed by atoms with Crippen LogP contribution in [-0.2, 0) is 39.1 Å². The maximum absolute atomic E-state index is 15.5. The number of likely N-dealkylation sites (tertiary alicyclic amines) is 1. The van der Waals surface area contributed by atoms with E-state index >= 15 is 4.39 Å². The fraction of sp³-hybridized carbons (Fsp3) is 0.410. The van der Waals surface area contributed by atoms with E-state index in [9.17, 15) is 37.8 Å². The van der Waals surface area contributed by atoms with Crippen LogP contribution in [0.1, 0.15) is 126 Å². The lowest BCUT2D eigenvalue weighted by atomic mass is 9.89. The van der Waals surface area contributed by atoms with Crippen LogP contribution in [0.25, 0.3) is 31.8 Å². The van der Waals surface area contributed by atoms with E-state index in [0.717, 1.165) is 46.4 Å². The van der Waals surface area contributed by atoms with Gasteiger partial charge in [0.05, 0.1) is 63.7 Å². The normalized spacial score (nSPS) is 16.2. The van der Waals surface area contributed by atoms with Gasteiger partial charge in [0, 0.05) is 59.7 Å². The molecule has 26 heteroatoms. The highest BCUT2D eigenvalue weighted by molar-refractivity contribution is 7.90. The molecular formula is C61H68FN13O9S3. The predicted octanol–water partition coefficient (Wildman–Crippen LogP) is 8.69. The van der Waals surface area contributed by atoms with Gasteiger partial charge < -0.3 is 30.1 Å². The Labute approximate surface area is 510 Å². The quantitative estimate of drug-likeness (QED) is 0.0421. The highest BCUT2D eigenvalue weighted by Gasteiger charge is 2.40. The minimum absolute atomic E-state index is 0.00582. The summed E-state index contributed by atoms with van der Waals surface area (Å²) in [5, 5.41) is 40.5. The van der Waals surface area contributed by atoms with E-state index in [1.54, 1.807) is 30.8 Å². The summed E-state index contributed by atoms with van der Waals surface area (Å²) in [5.74, 6) is -3.86. The topological polar surface area (TPSA) is 282 Å². The molecule has 2 fully saturated rings. The first-order valence-corrected chi connectivity index (χ1v) is 32.6. The first-order valence-electron chi connectivity index (χ1n) is 29.2. The number of nitrogens with zero attached hydrogens (tertiary/aromatic N) is 10. The van der Waals surface area contributed by atoms with Crippen LogP contribution >= 0.6 is 22.7 Å². The van der Waals surface area contributed by atoms with Crippen molar-refractivity contribution in [3.05, 3.63) is 130 Å². The van der Waals surface area contributed by atoms with Crippen molar-refractivity contribution in [1.29, 1.82) is 0 Å². The van der Waals surface area contributed by atoms with Crippen molar-refractivity contribution < 1.29 is 46.9 Å². The number of para-hydroxylation sites is 1. The van der Waals surface area contributed by atoms with Gasteiger partial charge >= 0.3 is 0 Å². The summed E-state index contributed by atoms with van der Waals surface area (Å²) in [6.07, 6.45) is 10.2. The van der Waals surface area contributed by atoms with E-state index in [0.29, 0.717) is 76.5 Å². The number of aromatic hydroxyl groups is 1. The Hall–Kier alpha value is -8.20. The number of phenols is 1. The fourth-order valence-corrected chi connectivity index (χ4v) is 14.7. The summed E-state index contributed by atoms with van der Waals surface area (Å²) in [5.41, 5.74) is 7.10. The molecule has 0 bridgehead atoms. The van der Waals surface area contributed by atoms with Crippen LogP contribution in [0.15, 0.2) is 84.6 Å². The first-order chi connectivity index (χ1) is 41.9. The molecule has 22 nitrogen and oxygen atoms in total. The minimum Gasteiger partial charge on any atom is -0.505 e. The third-order valence-electron chi connectivity index (χ3n) is 16.6. The summed E-state index contributed by atoms with van der Waals surface area (Å²) < 4.78 is 55.5. The fourth-order valence-electron chi connectivity index (χ4n) is 12.0. The number of carbonyl (C=O) groups excluding carboxylic acids is 4. The second-order valence-electron chi connectivity index (χ2n) is 22.7. The molecule has 2 aliphatic heterocycles. The van der Waals surface area contributed by atoms with Crippen molar-refractivity contribution in [3.8, 4) is 33.2 Å². The maximum atomic E-state index is 15.5. The smallest absolute Gasteiger partial charge is 0.284 e. The number of rotatable bonds is 21. The number of halogens is 1. The van der Waals surface area contributed by atoms with Crippen molar-refractivity contribution >= 4 is 77.5 Å². The average molecular weight is 1240 g/mol. The van der Waals surface area contributed by atoms with Crippen LogP contribution in [-0.4, -0.2) is 125 Å². The number of ether oxygens (including phenoxy) is 1. The van der Waals surface area contributed by atoms with Gasteiger partial charge in [-0.15, -0.1) is 11.3 Å². The van der Waals surface area contributed by atoms with Crippen molar-refractivity contribution in [2.75, 3.05) is 42.3 Å². The zero-order valence-corrected chi connectivity index (χ0v) is 51.1. The van der Waals surface area contributed by atoms with E-state index in [1.165, 1.54) is 69.8 Å². The maximum Gasteiger partial charge on any atom is 0.284 e. The molecule has 1 saturated carbocycles. The number of hydrogen-bond acceptors (Lipinski definition) is 18. The SMILES string of the molecule is Cc1ncsc1-c1ccc(C(CO)NC(=O)[C@@H]2CCCN2C(=O)[C@H](C(C)C)n2cc(OCCCS(=O)(=O)NC(=O)c3nc(N4CCc5cccc(C(=O)Nc6nc7ccccc7s6)c5C4)ccc3-c3cnn(CC4CCCCC4)c3C)nn2)c(O)c1F. The number of amides is 4. The van der Waals surface area contributed by atoms with Gasteiger partial charge in [-0.25, -0.2) is 37.2 Å². The Kier molecular flexibility index (Phi) is 18.1. The van der Waals surface area contributed by atoms with Crippen molar-refractivity contribution in [2.45, 2.75) is 117 Å². The predicted molar refractivity (Wildman–Crippen MR) is 327 cm³/mol. The lowest BCUT2D eigenvalue weighted by molar-refractivity contribution is -0.142. The lowest BCUT2D eigenvalue weighted by Gasteiger charge is -2.31. The standard InChI is InChI=1S/C61H68FN13O9S3/c1-35(2)54(60(81)73-25-11-18-48(73)58(79)65-47(33-76)42-20-21-43(52(62)55(42)77)56-36(3)63-34-85-56)75-32-51(69-71-75)84-27-12-28-87(82,83)70-59(80)53-40(44-29-64-74(37(44)4)30-38-13-6-5-7-14-38)22-23-50(67-53)72-26-24-39-15-10-16-41(45(39)31-72)57(78)68-61-66-46-17-8-9-19-49(46)86-61/h8-10,15-17,19-23,29,32,34-35,38,47-48,54,76-77H,5-7,11-14,18,24-28,30-31,33H2,1-4H3,(H,65,79)(H,70,80)(H,66,68,78)/t47?,48-,54-/m0/s1. The van der Waals surface area contributed by atoms with Gasteiger partial charge in [0.25, 0.3) is 17.7 Å². The summed E-state index contributed by atoms with van der Waals surface area (Å²) in [6, 6.07) is 16.7. The van der Waals surface area contributed by atoms with Crippen molar-refractivity contribution in [2.24, 2.45) is 11.8 Å². The van der Waals surface area contributed by atoms with Crippen molar-refractivity contribution in [3.63, 3.8) is 0 Å². The molecule has 87 heavy (non-hydrogen) atoms. The third kappa shape index (κ3) is 13.1. The number of anilines is 2. The molecule has 0 spiro atoms. The molecule has 0 radical (unpaired) electrons. The van der Waals surface area contributed by atoms with Crippen LogP contribution in [0.5, 0.6) is 11.6 Å². The Balaban J connectivity index is 0.745. The third-order valence-corrected chi connectivity index (χ3v) is 19.8. The molecule has 3 aromatic carbocycles. The van der Waals surface area contributed by atoms with Gasteiger partial charge in [0.1, 0.15) is 23.6 Å². The molecule has 456 valence electrons. The number of aryl methyl sites for hydroxylation is 1. The minimum atomic E-state index is -4.30. The van der Waals surface area contributed by atoms with Gasteiger partial charge in [-0.3, -0.25) is 29.2 Å². The molecule has 7 heterocycles. The van der Waals surface area contributed by atoms with Crippen LogP contribution in [0, 0.1) is 31.5 Å². The van der Waals surface area contributed by atoms with Gasteiger partial charge in [-0.2, -0.15) is 5.10 Å². The van der Waals surface area contributed by atoms with E-state index in [2.05, 4.69) is 35.6 Å². The average Bonchev–Trinajstić information content (AvgIpc) is 2.67. The molecule has 1 unspecified atom stereocenters. The number of hydrogen-bond donors (Lipinski definition) is 5. The number of nitrogens with one attached hydrogen (secondary N) is 3. The van der Waals surface area contributed by atoms with E-state index in [1.807, 2.05) is 72.8 Å². The summed E-state index contributed by atoms with van der Waals surface area (Å²) in [6.45, 7) is 8.23. The van der Waals surface area contributed by atoms with Crippen LogP contribution in [0.4, 0.5) is 15.3 Å². The van der Waals surface area contributed by atoms with Gasteiger partial charge in [0.2, 0.25) is 21.8 Å². The van der Waals surface area contributed by atoms with Crippen LogP contribution in [0.2, 0.25) is 0 Å². The number of aliphatic hydroxyl groups is 1. The van der Waals surface area contributed by atoms with Gasteiger partial charge in [-0.1, -0.05) is 85.1 Å². The summed E-state index contributed by atoms with van der Waals surface area (Å²) in [7, 11) is -4.30. The number of benzene rings is 3. The highest BCUT2D eigenvalue weighted by Crippen LogP contribution is 2.39. The number of aliphatic hydroxyl groups excluding tert-OH is 1. The van der Waals surface area contributed by atoms with E-state index in [-0.39, 0.29) is 54.1 Å². The molecule has 5 N–H and O–H groups in total. The number of thiazole rings is 2. The Morgan fingerprint density at radius 3 is 2.48 bits per heavy atom. The zero-order chi connectivity index (χ0) is 61.1. The number of pyridine rings is 1. The Morgan fingerprint density at radius 1 is 0.908 bits per heavy atom. The Bertz CT molecular complexity index is 3960. The molecule has 8 aromatic rings. The summed E-state index contributed by atoms with van der Waals surface area (Å²) in [4.78, 5) is 74.2. The van der Waals surface area contributed by atoms with Crippen LogP contribution in [0.3, 0.4) is 0 Å². The van der Waals surface area contributed by atoms with E-state index in [4.69, 9.17) is 14.8 Å². The molecule has 3 atom stereocenters. The number of phenolic OH excluding ortho intramolecular Hbond substituents is 1. The Morgan fingerprint density at radius 2 is 1.71 bits per heavy atom. The molecule has 1 saturated heterocycles. The summed E-state index contributed by atoms with van der Waals surface area (Å²) >= 11 is 2.60. The molecule has 3 aliphatic rings. The number of carbonyl (C=O) groups is 4. The monoisotopic (exact) mass is 1240 g/mol. The van der Waals surface area contributed by atoms with E-state index < -0.39 is 69.8 Å². The molecule has 11 rings (SSSR count). The number of fused-ring (bicyclic) bond motifs is 2. The highest BCUT2D eigenvalue weighted by atomic mass is 32.2. The molecule has 4 amide bonds. The molecule has 5 aromatic heterocycles. The molecule has 1 aliphatic carbocycles.